The molecule has 0 spiro atoms. The molecule has 3 aromatic rings. The van der Waals surface area contributed by atoms with Gasteiger partial charge in [-0.25, -0.2) is 9.97 Å². The quantitative estimate of drug-likeness (QED) is 0.802. The first kappa shape index (κ1) is 14.8. The summed E-state index contributed by atoms with van der Waals surface area (Å²) in [5.41, 5.74) is 11.4. The molecule has 2 aromatic heterocycles. The first-order valence-corrected chi connectivity index (χ1v) is 7.70. The summed E-state index contributed by atoms with van der Waals surface area (Å²) in [6.45, 7) is 10.3. The zero-order valence-electron chi connectivity index (χ0n) is 13.6. The fourth-order valence-electron chi connectivity index (χ4n) is 2.95. The number of nitrogens with zero attached hydrogens (tertiary/aromatic N) is 3. The van der Waals surface area contributed by atoms with Crippen molar-refractivity contribution >= 4 is 27.8 Å². The van der Waals surface area contributed by atoms with Gasteiger partial charge in [-0.2, -0.15) is 0 Å². The molecule has 116 valence electrons. The van der Waals surface area contributed by atoms with Crippen LogP contribution in [0.25, 0.3) is 21.9 Å². The largest absolute Gasteiger partial charge is 0.382 e. The van der Waals surface area contributed by atoms with Gasteiger partial charge in [0, 0.05) is 18.5 Å². The number of benzene rings is 1. The third-order valence-electron chi connectivity index (χ3n) is 4.23. The predicted molar refractivity (Wildman–Crippen MR) is 89.9 cm³/mol. The number of anilines is 1. The molecule has 0 aliphatic rings. The van der Waals surface area contributed by atoms with Crippen LogP contribution in [0.15, 0.2) is 12.1 Å². The van der Waals surface area contributed by atoms with E-state index in [1.54, 1.807) is 0 Å². The molecule has 0 unspecified atom stereocenters. The van der Waals surface area contributed by atoms with Gasteiger partial charge in [-0.3, -0.25) is 0 Å². The molecule has 0 aliphatic heterocycles. The monoisotopic (exact) mass is 298 g/mol. The molecule has 5 heteroatoms. The minimum absolute atomic E-state index is 0.482. The van der Waals surface area contributed by atoms with Crippen molar-refractivity contribution in [1.82, 2.24) is 14.5 Å². The number of imidazole rings is 1. The van der Waals surface area contributed by atoms with Crippen LogP contribution in [0.3, 0.4) is 0 Å². The average molecular weight is 298 g/mol. The number of rotatable bonds is 4. The molecule has 0 saturated heterocycles. The van der Waals surface area contributed by atoms with Gasteiger partial charge in [-0.15, -0.1) is 0 Å². The molecule has 0 atom stereocenters. The van der Waals surface area contributed by atoms with E-state index in [0.29, 0.717) is 19.0 Å². The minimum Gasteiger partial charge on any atom is -0.382 e. The molecule has 0 radical (unpaired) electrons. The van der Waals surface area contributed by atoms with Crippen LogP contribution >= 0.6 is 0 Å². The molecule has 2 heterocycles. The Balaban J connectivity index is 2.44. The summed E-state index contributed by atoms with van der Waals surface area (Å²) >= 11 is 0. The summed E-state index contributed by atoms with van der Waals surface area (Å²) < 4.78 is 7.75. The van der Waals surface area contributed by atoms with E-state index in [-0.39, 0.29) is 0 Å². The summed E-state index contributed by atoms with van der Waals surface area (Å²) in [7, 11) is 0. The van der Waals surface area contributed by atoms with E-state index in [4.69, 9.17) is 15.5 Å². The number of ether oxygens (including phenoxy) is 1. The van der Waals surface area contributed by atoms with E-state index in [1.807, 2.05) is 13.0 Å². The van der Waals surface area contributed by atoms with Crippen molar-refractivity contribution in [3.63, 3.8) is 0 Å². The van der Waals surface area contributed by atoms with Crippen molar-refractivity contribution in [3.05, 3.63) is 29.1 Å². The Kier molecular flexibility index (Phi) is 3.74. The number of fused-ring (bicyclic) bond motifs is 3. The van der Waals surface area contributed by atoms with Gasteiger partial charge >= 0.3 is 0 Å². The molecule has 0 aliphatic carbocycles. The van der Waals surface area contributed by atoms with E-state index in [9.17, 15) is 0 Å². The molecule has 3 rings (SSSR count). The molecule has 22 heavy (non-hydrogen) atoms. The number of aryl methyl sites for hydroxylation is 3. The van der Waals surface area contributed by atoms with E-state index in [0.717, 1.165) is 34.3 Å². The summed E-state index contributed by atoms with van der Waals surface area (Å²) in [6.07, 6.45) is 0. The van der Waals surface area contributed by atoms with Crippen LogP contribution in [0.1, 0.15) is 30.8 Å². The van der Waals surface area contributed by atoms with Gasteiger partial charge in [0.1, 0.15) is 17.9 Å². The maximum atomic E-state index is 6.15. The van der Waals surface area contributed by atoms with Crippen LogP contribution in [-0.4, -0.2) is 21.1 Å². The SMILES string of the molecule is CCOCc1nc2c(N)nc3ccc(C)c(C)c3c2n1CC. The standard InChI is InChI=1S/C17H22N4O/c1-5-21-13(9-22-6-2)20-15-16(21)14-11(4)10(3)7-8-12(14)19-17(15)18/h7-8H,5-6,9H2,1-4H3,(H2,18,19). The van der Waals surface area contributed by atoms with E-state index in [1.165, 1.54) is 11.1 Å². The molecular formula is C17H22N4O. The zero-order valence-corrected chi connectivity index (χ0v) is 13.6. The van der Waals surface area contributed by atoms with Gasteiger partial charge in [-0.05, 0) is 44.9 Å². The van der Waals surface area contributed by atoms with Crippen molar-refractivity contribution in [2.24, 2.45) is 0 Å². The van der Waals surface area contributed by atoms with Crippen LogP contribution < -0.4 is 5.73 Å². The summed E-state index contributed by atoms with van der Waals surface area (Å²) in [4.78, 5) is 9.23. The summed E-state index contributed by atoms with van der Waals surface area (Å²) in [5, 5.41) is 1.14. The summed E-state index contributed by atoms with van der Waals surface area (Å²) in [5.74, 6) is 1.39. The fraction of sp³-hybridized carbons (Fsp3) is 0.412. The van der Waals surface area contributed by atoms with Gasteiger partial charge in [0.25, 0.3) is 0 Å². The highest BCUT2D eigenvalue weighted by Gasteiger charge is 2.18. The maximum absolute atomic E-state index is 6.15. The van der Waals surface area contributed by atoms with Gasteiger partial charge < -0.3 is 15.0 Å². The van der Waals surface area contributed by atoms with Crippen molar-refractivity contribution in [3.8, 4) is 0 Å². The number of pyridine rings is 1. The maximum Gasteiger partial charge on any atom is 0.152 e. The highest BCUT2D eigenvalue weighted by atomic mass is 16.5. The highest BCUT2D eigenvalue weighted by molar-refractivity contribution is 6.08. The fourth-order valence-corrected chi connectivity index (χ4v) is 2.95. The Bertz CT molecular complexity index is 851. The van der Waals surface area contributed by atoms with Crippen LogP contribution in [0.2, 0.25) is 0 Å². The molecule has 0 amide bonds. The van der Waals surface area contributed by atoms with E-state index < -0.39 is 0 Å². The molecule has 0 bridgehead atoms. The van der Waals surface area contributed by atoms with Crippen LogP contribution in [0.4, 0.5) is 5.82 Å². The molecule has 2 N–H and O–H groups in total. The van der Waals surface area contributed by atoms with Crippen LogP contribution in [0.5, 0.6) is 0 Å². The minimum atomic E-state index is 0.482. The lowest BCUT2D eigenvalue weighted by molar-refractivity contribution is 0.126. The average Bonchev–Trinajstić information content (AvgIpc) is 2.88. The predicted octanol–water partition coefficient (Wildman–Crippen LogP) is 3.34. The summed E-state index contributed by atoms with van der Waals surface area (Å²) in [6, 6.07) is 4.12. The lowest BCUT2D eigenvalue weighted by Crippen LogP contribution is -2.04. The van der Waals surface area contributed by atoms with Crippen molar-refractivity contribution in [2.45, 2.75) is 40.8 Å². The Hall–Kier alpha value is -2.14. The number of nitrogens with two attached hydrogens (primary N) is 1. The van der Waals surface area contributed by atoms with Gasteiger partial charge in [-0.1, -0.05) is 6.07 Å². The smallest absolute Gasteiger partial charge is 0.152 e. The second kappa shape index (κ2) is 5.57. The van der Waals surface area contributed by atoms with Crippen molar-refractivity contribution in [1.29, 1.82) is 0 Å². The number of hydrogen-bond acceptors (Lipinski definition) is 4. The highest BCUT2D eigenvalue weighted by Crippen LogP contribution is 2.32. The Morgan fingerprint density at radius 2 is 1.95 bits per heavy atom. The second-order valence-electron chi connectivity index (χ2n) is 5.51. The number of aromatic nitrogens is 3. The Morgan fingerprint density at radius 3 is 2.64 bits per heavy atom. The molecule has 1 aromatic carbocycles. The molecule has 5 nitrogen and oxygen atoms in total. The van der Waals surface area contributed by atoms with Crippen LogP contribution in [0, 0.1) is 13.8 Å². The lowest BCUT2D eigenvalue weighted by atomic mass is 10.0. The van der Waals surface area contributed by atoms with Crippen LogP contribution in [-0.2, 0) is 17.9 Å². The lowest BCUT2D eigenvalue weighted by Gasteiger charge is -2.11. The third-order valence-corrected chi connectivity index (χ3v) is 4.23. The van der Waals surface area contributed by atoms with Gasteiger partial charge in [0.15, 0.2) is 5.82 Å². The molecular weight excluding hydrogens is 276 g/mol. The van der Waals surface area contributed by atoms with Gasteiger partial charge in [0.2, 0.25) is 0 Å². The Morgan fingerprint density at radius 1 is 1.18 bits per heavy atom. The van der Waals surface area contributed by atoms with E-state index >= 15 is 0 Å². The van der Waals surface area contributed by atoms with Crippen molar-refractivity contribution < 1.29 is 4.74 Å². The number of nitrogen functional groups attached to an aromatic ring is 1. The van der Waals surface area contributed by atoms with Gasteiger partial charge in [0.05, 0.1) is 11.0 Å². The third kappa shape index (κ3) is 2.13. The normalized spacial score (nSPS) is 11.6. The van der Waals surface area contributed by atoms with E-state index in [2.05, 4.69) is 36.4 Å². The topological polar surface area (TPSA) is 66.0 Å². The second-order valence-corrected chi connectivity index (χ2v) is 5.51. The Labute approximate surface area is 130 Å². The zero-order chi connectivity index (χ0) is 15.9. The first-order valence-electron chi connectivity index (χ1n) is 7.70. The van der Waals surface area contributed by atoms with Crippen molar-refractivity contribution in [2.75, 3.05) is 12.3 Å². The number of hydrogen-bond donors (Lipinski definition) is 1. The molecule has 0 saturated carbocycles. The first-order chi connectivity index (χ1) is 10.6. The molecule has 0 fully saturated rings.